The Morgan fingerprint density at radius 1 is 1.21 bits per heavy atom. The average Bonchev–Trinajstić information content (AvgIpc) is 2.74. The number of fused-ring (bicyclic) bond motifs is 3. The third kappa shape index (κ3) is 2.90. The number of nitriles is 1. The lowest BCUT2D eigenvalue weighted by Gasteiger charge is -2.50. The van der Waals surface area contributed by atoms with Gasteiger partial charge in [0.2, 0.25) is 5.78 Å². The Labute approximate surface area is 196 Å². The van der Waals surface area contributed by atoms with Crippen LogP contribution >= 0.6 is 0 Å². The molecule has 0 saturated heterocycles. The van der Waals surface area contributed by atoms with Crippen LogP contribution in [0.3, 0.4) is 0 Å². The van der Waals surface area contributed by atoms with Gasteiger partial charge in [0.05, 0.1) is 17.7 Å². The Bertz CT molecular complexity index is 1250. The molecule has 178 valence electrons. The number of carbonyl (C=O) groups is 3. The normalized spacial score (nSPS) is 28.3. The van der Waals surface area contributed by atoms with Crippen molar-refractivity contribution in [2.45, 2.75) is 24.5 Å². The lowest BCUT2D eigenvalue weighted by molar-refractivity contribution is -0.148. The zero-order valence-electron chi connectivity index (χ0n) is 19.3. The van der Waals surface area contributed by atoms with Crippen molar-refractivity contribution in [3.8, 4) is 6.07 Å². The summed E-state index contributed by atoms with van der Waals surface area (Å²) < 4.78 is 0. The molecule has 4 rings (SSSR count). The number of primary amides is 1. The summed E-state index contributed by atoms with van der Waals surface area (Å²) in [6.07, 6.45) is 0.340. The molecule has 5 N–H and O–H groups in total. The van der Waals surface area contributed by atoms with E-state index in [2.05, 4.69) is 0 Å². The Hall–Kier alpha value is -3.68. The van der Waals surface area contributed by atoms with Gasteiger partial charge in [-0.05, 0) is 50.6 Å². The van der Waals surface area contributed by atoms with E-state index in [9.17, 15) is 35.0 Å². The number of nitrogens with zero attached hydrogens (tertiary/aromatic N) is 3. The average molecular weight is 466 g/mol. The van der Waals surface area contributed by atoms with Crippen molar-refractivity contribution in [1.29, 1.82) is 5.26 Å². The Kier molecular flexibility index (Phi) is 5.31. The van der Waals surface area contributed by atoms with Gasteiger partial charge in [0, 0.05) is 36.8 Å². The van der Waals surface area contributed by atoms with E-state index in [1.807, 2.05) is 25.1 Å². The van der Waals surface area contributed by atoms with Crippen LogP contribution in [0.4, 0.5) is 5.69 Å². The van der Waals surface area contributed by atoms with Gasteiger partial charge in [-0.1, -0.05) is 0 Å². The molecule has 0 unspecified atom stereocenters. The zero-order chi connectivity index (χ0) is 25.3. The van der Waals surface area contributed by atoms with Crippen molar-refractivity contribution in [3.63, 3.8) is 0 Å². The lowest BCUT2D eigenvalue weighted by Crippen LogP contribution is -2.63. The molecule has 0 saturated carbocycles. The maximum absolute atomic E-state index is 13.7. The standard InChI is InChI=1S/C24H26N4O6/c1-27(2)14-6-5-10(9-25)15-12(14)7-11-8-13-18(28(3)4)20(30)17(23(26)33)22(32)24(13,34)21(31)16(11)19(15)29/h5-6,11,13,18,30-31,34H,7-8H2,1-4H3,(H2,26,33)/t11-,13-,18-,24-/m0/s1. The first-order valence-corrected chi connectivity index (χ1v) is 10.8. The second-order valence-electron chi connectivity index (χ2n) is 9.46. The largest absolute Gasteiger partial charge is 0.510 e. The molecule has 10 heteroatoms. The molecule has 0 spiro atoms. The van der Waals surface area contributed by atoms with Crippen LogP contribution in [0, 0.1) is 23.2 Å². The van der Waals surface area contributed by atoms with Gasteiger partial charge >= 0.3 is 0 Å². The Morgan fingerprint density at radius 2 is 1.85 bits per heavy atom. The molecule has 1 aromatic carbocycles. The fraction of sp³-hybridized carbons (Fsp3) is 0.417. The third-order valence-corrected chi connectivity index (χ3v) is 7.21. The van der Waals surface area contributed by atoms with Gasteiger partial charge < -0.3 is 26.0 Å². The van der Waals surface area contributed by atoms with E-state index in [4.69, 9.17) is 5.73 Å². The first-order valence-electron chi connectivity index (χ1n) is 10.8. The van der Waals surface area contributed by atoms with Gasteiger partial charge in [-0.25, -0.2) is 0 Å². The number of anilines is 1. The molecule has 0 aromatic heterocycles. The van der Waals surface area contributed by atoms with E-state index in [0.717, 1.165) is 5.69 Å². The SMILES string of the molecule is CN(C)c1ccc(C#N)c2c1C[C@H]1C[C@H]3[C@H](N(C)C)C(O)=C(C(N)=O)C(=O)[C@@]3(O)C(O)=C1C2=O. The molecule has 0 radical (unpaired) electrons. The van der Waals surface area contributed by atoms with Crippen molar-refractivity contribution in [2.24, 2.45) is 17.6 Å². The van der Waals surface area contributed by atoms with Crippen LogP contribution in [0.5, 0.6) is 0 Å². The predicted octanol–water partition coefficient (Wildman–Crippen LogP) is 0.353. The molecule has 1 aromatic rings. The number of carbonyl (C=O) groups excluding carboxylic acids is 3. The van der Waals surface area contributed by atoms with E-state index < -0.39 is 58.0 Å². The highest BCUT2D eigenvalue weighted by Crippen LogP contribution is 2.52. The van der Waals surface area contributed by atoms with Gasteiger partial charge in [-0.2, -0.15) is 5.26 Å². The van der Waals surface area contributed by atoms with Gasteiger partial charge in [-0.15, -0.1) is 0 Å². The lowest BCUT2D eigenvalue weighted by atomic mass is 9.58. The number of allylic oxidation sites excluding steroid dienone is 1. The van der Waals surface area contributed by atoms with Crippen molar-refractivity contribution < 1.29 is 29.7 Å². The number of aliphatic hydroxyl groups excluding tert-OH is 2. The first kappa shape index (κ1) is 23.5. The molecule has 34 heavy (non-hydrogen) atoms. The highest BCUT2D eigenvalue weighted by Gasteiger charge is 2.63. The summed E-state index contributed by atoms with van der Waals surface area (Å²) in [6, 6.07) is 4.26. The maximum atomic E-state index is 13.7. The van der Waals surface area contributed by atoms with Gasteiger partial charge in [-0.3, -0.25) is 19.3 Å². The van der Waals surface area contributed by atoms with Crippen LogP contribution in [-0.4, -0.2) is 77.5 Å². The number of amides is 1. The summed E-state index contributed by atoms with van der Waals surface area (Å²) >= 11 is 0. The number of benzene rings is 1. The van der Waals surface area contributed by atoms with E-state index in [1.54, 1.807) is 20.2 Å². The molecule has 0 aliphatic heterocycles. The number of Topliss-reactive ketones (excluding diaryl/α,β-unsaturated/α-hetero) is 2. The summed E-state index contributed by atoms with van der Waals surface area (Å²) in [5.41, 5.74) is 3.36. The minimum Gasteiger partial charge on any atom is -0.510 e. The highest BCUT2D eigenvalue weighted by atomic mass is 16.3. The molecular weight excluding hydrogens is 440 g/mol. The molecular formula is C24H26N4O6. The number of hydrogen-bond donors (Lipinski definition) is 4. The predicted molar refractivity (Wildman–Crippen MR) is 121 cm³/mol. The van der Waals surface area contributed by atoms with Crippen LogP contribution in [0.2, 0.25) is 0 Å². The Balaban J connectivity index is 2.00. The van der Waals surface area contributed by atoms with Crippen molar-refractivity contribution in [3.05, 3.63) is 51.5 Å². The topological polar surface area (TPSA) is 168 Å². The van der Waals surface area contributed by atoms with E-state index in [-0.39, 0.29) is 29.5 Å². The van der Waals surface area contributed by atoms with Crippen molar-refractivity contribution >= 4 is 23.2 Å². The van der Waals surface area contributed by atoms with Gasteiger partial charge in [0.25, 0.3) is 5.91 Å². The zero-order valence-corrected chi connectivity index (χ0v) is 19.3. The summed E-state index contributed by atoms with van der Waals surface area (Å²) in [6.45, 7) is 0. The van der Waals surface area contributed by atoms with E-state index in [0.29, 0.717) is 5.56 Å². The van der Waals surface area contributed by atoms with Crippen LogP contribution in [-0.2, 0) is 16.0 Å². The van der Waals surface area contributed by atoms with Crippen LogP contribution in [0.25, 0.3) is 0 Å². The monoisotopic (exact) mass is 466 g/mol. The molecule has 1 amide bonds. The number of nitrogens with two attached hydrogens (primary N) is 1. The fourth-order valence-corrected chi connectivity index (χ4v) is 5.76. The quantitative estimate of drug-likeness (QED) is 0.459. The summed E-state index contributed by atoms with van der Waals surface area (Å²) in [5.74, 6) is -6.21. The minimum atomic E-state index is -2.63. The Morgan fingerprint density at radius 3 is 2.38 bits per heavy atom. The number of aliphatic hydroxyl groups is 3. The second-order valence-corrected chi connectivity index (χ2v) is 9.46. The summed E-state index contributed by atoms with van der Waals surface area (Å²) in [7, 11) is 6.81. The number of ketones is 2. The fourth-order valence-electron chi connectivity index (χ4n) is 5.76. The van der Waals surface area contributed by atoms with Crippen LogP contribution in [0.1, 0.15) is 27.9 Å². The molecule has 3 aliphatic carbocycles. The minimum absolute atomic E-state index is 0.0649. The van der Waals surface area contributed by atoms with Crippen LogP contribution < -0.4 is 10.6 Å². The smallest absolute Gasteiger partial charge is 0.255 e. The maximum Gasteiger partial charge on any atom is 0.255 e. The number of likely N-dealkylation sites (N-methyl/N-ethyl adjacent to an activating group) is 1. The van der Waals surface area contributed by atoms with Crippen molar-refractivity contribution in [1.82, 2.24) is 4.90 Å². The number of rotatable bonds is 3. The second kappa shape index (κ2) is 7.68. The molecule has 0 heterocycles. The van der Waals surface area contributed by atoms with E-state index in [1.165, 1.54) is 11.0 Å². The van der Waals surface area contributed by atoms with Gasteiger partial charge in [0.1, 0.15) is 17.1 Å². The van der Waals surface area contributed by atoms with Crippen LogP contribution in [0.15, 0.2) is 34.8 Å². The molecule has 0 fully saturated rings. The first-order chi connectivity index (χ1) is 15.9. The molecule has 0 bridgehead atoms. The van der Waals surface area contributed by atoms with Gasteiger partial charge in [0.15, 0.2) is 11.4 Å². The van der Waals surface area contributed by atoms with E-state index >= 15 is 0 Å². The molecule has 10 nitrogen and oxygen atoms in total. The molecule has 3 aliphatic rings. The summed E-state index contributed by atoms with van der Waals surface area (Å²) in [5, 5.41) is 43.3. The summed E-state index contributed by atoms with van der Waals surface area (Å²) in [4.78, 5) is 42.3. The highest BCUT2D eigenvalue weighted by molar-refractivity contribution is 6.24. The van der Waals surface area contributed by atoms with Crippen molar-refractivity contribution in [2.75, 3.05) is 33.1 Å². The third-order valence-electron chi connectivity index (χ3n) is 7.21. The molecule has 4 atom stereocenters. The number of hydrogen-bond acceptors (Lipinski definition) is 9.